The number of aromatic nitrogens is 2. The Morgan fingerprint density at radius 2 is 1.88 bits per heavy atom. The topological polar surface area (TPSA) is 111 Å². The molecule has 1 aromatic rings. The summed E-state index contributed by atoms with van der Waals surface area (Å²) in [7, 11) is -3.37. The fraction of sp³-hybridized carbons (Fsp3) is 0.786. The molecule has 2 N–H and O–H groups in total. The van der Waals surface area contributed by atoms with Crippen LogP contribution in [0, 0.1) is 10.1 Å². The van der Waals surface area contributed by atoms with Crippen LogP contribution in [0.25, 0.3) is 0 Å². The summed E-state index contributed by atoms with van der Waals surface area (Å²) in [6.07, 6.45) is 6.30. The lowest BCUT2D eigenvalue weighted by Gasteiger charge is -2.23. The van der Waals surface area contributed by atoms with Gasteiger partial charge in [0.25, 0.3) is 0 Å². The Morgan fingerprint density at radius 3 is 2.42 bits per heavy atom. The Labute approximate surface area is 162 Å². The molecule has 0 bridgehead atoms. The quantitative estimate of drug-likeness (QED) is 0.240. The average Bonchev–Trinajstić information content (AvgIpc) is 3.08. The Morgan fingerprint density at radius 1 is 1.27 bits per heavy atom. The van der Waals surface area contributed by atoms with Crippen LogP contribution in [-0.2, 0) is 15.7 Å². The first-order valence-corrected chi connectivity index (χ1v) is 11.3. The van der Waals surface area contributed by atoms with E-state index in [-0.39, 0.29) is 43.4 Å². The van der Waals surface area contributed by atoms with Gasteiger partial charge in [0.2, 0.25) is 0 Å². The first-order chi connectivity index (χ1) is 12.5. The Bertz CT molecular complexity index is 627. The highest BCUT2D eigenvalue weighted by Gasteiger charge is 2.31. The summed E-state index contributed by atoms with van der Waals surface area (Å²) >= 11 is 11.3. The van der Waals surface area contributed by atoms with Crippen molar-refractivity contribution in [2.45, 2.75) is 44.8 Å². The highest BCUT2D eigenvalue weighted by atomic mass is 35.5. The van der Waals surface area contributed by atoms with Gasteiger partial charge in [-0.15, -0.1) is 23.2 Å². The molecule has 0 atom stereocenters. The highest BCUT2D eigenvalue weighted by Crippen LogP contribution is 2.39. The van der Waals surface area contributed by atoms with E-state index in [4.69, 9.17) is 27.7 Å². The molecule has 26 heavy (non-hydrogen) atoms. The van der Waals surface area contributed by atoms with Gasteiger partial charge in [0, 0.05) is 24.8 Å². The SMILES string of the molecule is O=[N+]([O-])c1ncc(COP(=O)(NCCCl)NCCCl)n1C1CCCCC1. The second-order valence-electron chi connectivity index (χ2n) is 5.99. The minimum atomic E-state index is -3.37. The van der Waals surface area contributed by atoms with Crippen molar-refractivity contribution >= 4 is 36.8 Å². The van der Waals surface area contributed by atoms with Gasteiger partial charge in [-0.3, -0.25) is 9.09 Å². The molecule has 0 amide bonds. The fourth-order valence-corrected chi connectivity index (χ4v) is 4.92. The molecule has 9 nitrogen and oxygen atoms in total. The summed E-state index contributed by atoms with van der Waals surface area (Å²) in [6.45, 7) is 0.505. The average molecular weight is 428 g/mol. The maximum absolute atomic E-state index is 12.8. The van der Waals surface area contributed by atoms with Crippen molar-refractivity contribution in [2.24, 2.45) is 0 Å². The molecule has 0 aliphatic heterocycles. The highest BCUT2D eigenvalue weighted by molar-refractivity contribution is 7.54. The molecule has 1 aliphatic rings. The van der Waals surface area contributed by atoms with Gasteiger partial charge in [-0.05, 0) is 30.6 Å². The van der Waals surface area contributed by atoms with Gasteiger partial charge in [0.1, 0.15) is 18.5 Å². The number of hydrogen-bond acceptors (Lipinski definition) is 5. The molecular weight excluding hydrogens is 404 g/mol. The van der Waals surface area contributed by atoms with Gasteiger partial charge in [0.05, 0.1) is 6.04 Å². The summed E-state index contributed by atoms with van der Waals surface area (Å²) in [6, 6.07) is 0.0104. The van der Waals surface area contributed by atoms with Gasteiger partial charge in [-0.1, -0.05) is 11.4 Å². The lowest BCUT2D eigenvalue weighted by Crippen LogP contribution is -2.27. The van der Waals surface area contributed by atoms with E-state index in [1.54, 1.807) is 4.57 Å². The Kier molecular flexibility index (Phi) is 8.79. The van der Waals surface area contributed by atoms with Crippen LogP contribution in [0.1, 0.15) is 43.8 Å². The number of rotatable bonds is 11. The van der Waals surface area contributed by atoms with Gasteiger partial charge in [-0.25, -0.2) is 14.7 Å². The zero-order chi connectivity index (χ0) is 19.0. The van der Waals surface area contributed by atoms with E-state index in [0.29, 0.717) is 5.69 Å². The Balaban J connectivity index is 2.16. The first kappa shape index (κ1) is 21.6. The molecular formula is C14H24Cl2N5O4P. The van der Waals surface area contributed by atoms with Crippen LogP contribution in [-0.4, -0.2) is 39.3 Å². The largest absolute Gasteiger partial charge is 0.435 e. The third-order valence-electron chi connectivity index (χ3n) is 4.18. The van der Waals surface area contributed by atoms with Crippen molar-refractivity contribution < 1.29 is 14.0 Å². The number of nitrogens with zero attached hydrogens (tertiary/aromatic N) is 3. The molecule has 0 saturated heterocycles. The molecule has 0 spiro atoms. The molecule has 0 radical (unpaired) electrons. The molecule has 1 heterocycles. The normalized spacial score (nSPS) is 16.1. The smallest absolute Gasteiger partial charge is 0.390 e. The summed E-state index contributed by atoms with van der Waals surface area (Å²) in [4.78, 5) is 14.8. The fourth-order valence-electron chi connectivity index (χ4n) is 3.05. The molecule has 1 aliphatic carbocycles. The van der Waals surface area contributed by atoms with Crippen molar-refractivity contribution in [3.8, 4) is 0 Å². The van der Waals surface area contributed by atoms with Crippen molar-refractivity contribution in [3.63, 3.8) is 0 Å². The van der Waals surface area contributed by atoms with Crippen LogP contribution in [0.4, 0.5) is 5.95 Å². The molecule has 0 unspecified atom stereocenters. The molecule has 0 aromatic carbocycles. The first-order valence-electron chi connectivity index (χ1n) is 8.58. The molecule has 2 rings (SSSR count). The van der Waals surface area contributed by atoms with E-state index in [1.165, 1.54) is 6.20 Å². The summed E-state index contributed by atoms with van der Waals surface area (Å²) in [5, 5.41) is 16.8. The third-order valence-corrected chi connectivity index (χ3v) is 6.33. The number of hydrogen-bond donors (Lipinski definition) is 2. The molecule has 1 aromatic heterocycles. The summed E-state index contributed by atoms with van der Waals surface area (Å²) in [5.41, 5.74) is 0.532. The van der Waals surface area contributed by atoms with Crippen LogP contribution in [0.5, 0.6) is 0 Å². The van der Waals surface area contributed by atoms with Gasteiger partial charge < -0.3 is 10.1 Å². The molecule has 1 fully saturated rings. The molecule has 148 valence electrons. The minimum absolute atomic E-state index is 0.0104. The zero-order valence-corrected chi connectivity index (χ0v) is 16.8. The van der Waals surface area contributed by atoms with E-state index in [0.717, 1.165) is 32.1 Å². The van der Waals surface area contributed by atoms with E-state index in [9.17, 15) is 14.7 Å². The maximum Gasteiger partial charge on any atom is 0.435 e. The number of nitro groups is 1. The summed E-state index contributed by atoms with van der Waals surface area (Å²) in [5.74, 6) is 0.329. The second-order valence-corrected chi connectivity index (χ2v) is 8.74. The lowest BCUT2D eigenvalue weighted by atomic mass is 9.95. The van der Waals surface area contributed by atoms with Crippen LogP contribution >= 0.6 is 30.9 Å². The van der Waals surface area contributed by atoms with Crippen molar-refractivity contribution in [2.75, 3.05) is 24.8 Å². The van der Waals surface area contributed by atoms with E-state index in [2.05, 4.69) is 15.2 Å². The molecule has 1 saturated carbocycles. The predicted molar refractivity (Wildman–Crippen MR) is 101 cm³/mol. The monoisotopic (exact) mass is 427 g/mol. The number of halogens is 2. The number of nitrogens with one attached hydrogen (secondary N) is 2. The standard InChI is InChI=1S/C14H24Cl2N5O4P/c15-6-8-18-26(24,19-9-7-16)25-11-13-10-17-14(21(22)23)20(13)12-4-2-1-3-5-12/h10,12H,1-9,11H2,(H2,18,19,24). The van der Waals surface area contributed by atoms with Crippen molar-refractivity contribution in [1.82, 2.24) is 19.7 Å². The maximum atomic E-state index is 12.8. The van der Waals surface area contributed by atoms with Crippen LogP contribution < -0.4 is 10.2 Å². The van der Waals surface area contributed by atoms with Gasteiger partial charge in [-0.2, -0.15) is 0 Å². The van der Waals surface area contributed by atoms with Crippen LogP contribution in [0.15, 0.2) is 6.20 Å². The van der Waals surface area contributed by atoms with Crippen LogP contribution in [0.2, 0.25) is 0 Å². The van der Waals surface area contributed by atoms with Crippen molar-refractivity contribution in [3.05, 3.63) is 22.0 Å². The van der Waals surface area contributed by atoms with Crippen molar-refractivity contribution in [1.29, 1.82) is 0 Å². The second kappa shape index (κ2) is 10.6. The Hall–Kier alpha value is -0.700. The zero-order valence-electron chi connectivity index (χ0n) is 14.4. The summed E-state index contributed by atoms with van der Waals surface area (Å²) < 4.78 is 20.0. The third kappa shape index (κ3) is 5.90. The molecule has 12 heteroatoms. The van der Waals surface area contributed by atoms with Gasteiger partial charge >= 0.3 is 13.6 Å². The predicted octanol–water partition coefficient (Wildman–Crippen LogP) is 3.58. The van der Waals surface area contributed by atoms with E-state index in [1.807, 2.05) is 0 Å². The van der Waals surface area contributed by atoms with E-state index < -0.39 is 12.6 Å². The van der Waals surface area contributed by atoms with Crippen LogP contribution in [0.3, 0.4) is 0 Å². The lowest BCUT2D eigenvalue weighted by molar-refractivity contribution is -0.397. The number of imidazole rings is 1. The van der Waals surface area contributed by atoms with E-state index >= 15 is 0 Å². The minimum Gasteiger partial charge on any atom is -0.390 e. The number of alkyl halides is 2. The van der Waals surface area contributed by atoms with Gasteiger partial charge in [0.15, 0.2) is 0 Å².